The monoisotopic (exact) mass is 336 g/mol. The topological polar surface area (TPSA) is 29.3 Å². The summed E-state index contributed by atoms with van der Waals surface area (Å²) < 4.78 is 6.30. The van der Waals surface area contributed by atoms with Crippen LogP contribution in [0.25, 0.3) is 32.3 Å². The Kier molecular flexibility index (Phi) is 3.39. The third-order valence-electron chi connectivity index (χ3n) is 4.43. The standard InChI is InChI=1S/C20H15ClNO2/c1-22(23)20-18(24-2)10-9-16-17-11-12(21)7-8-14(17)13-5-3-4-6-15(13)19(16)20/h3-11H,1-2H3/q+1. The first kappa shape index (κ1) is 14.9. The molecule has 0 spiro atoms. The SMILES string of the molecule is COc1ccc2c3cc(Cl)ccc3c3ccccc3c2c1[N+](C)=O. The summed E-state index contributed by atoms with van der Waals surface area (Å²) in [6, 6.07) is 17.8. The van der Waals surface area contributed by atoms with Crippen LogP contribution in [0.5, 0.6) is 5.75 Å². The minimum Gasteiger partial charge on any atom is -0.490 e. The summed E-state index contributed by atoms with van der Waals surface area (Å²) in [4.78, 5) is 12.3. The van der Waals surface area contributed by atoms with Crippen molar-refractivity contribution < 1.29 is 9.50 Å². The van der Waals surface area contributed by atoms with Gasteiger partial charge in [-0.2, -0.15) is 0 Å². The molecule has 4 aromatic rings. The van der Waals surface area contributed by atoms with Crippen molar-refractivity contribution in [2.75, 3.05) is 14.2 Å². The van der Waals surface area contributed by atoms with E-state index >= 15 is 0 Å². The first-order valence-corrected chi connectivity index (χ1v) is 8.01. The van der Waals surface area contributed by atoms with Crippen LogP contribution < -0.4 is 4.74 Å². The van der Waals surface area contributed by atoms with E-state index in [2.05, 4.69) is 6.07 Å². The first-order chi connectivity index (χ1) is 11.6. The number of halogens is 1. The molecule has 0 bridgehead atoms. The van der Waals surface area contributed by atoms with E-state index in [-0.39, 0.29) is 0 Å². The molecule has 3 nitrogen and oxygen atoms in total. The molecule has 4 aromatic carbocycles. The van der Waals surface area contributed by atoms with E-state index < -0.39 is 0 Å². The van der Waals surface area contributed by atoms with Gasteiger partial charge in [-0.15, -0.1) is 0 Å². The number of nitroso groups, excluding NO2 is 1. The Labute approximate surface area is 144 Å². The molecule has 0 saturated heterocycles. The summed E-state index contributed by atoms with van der Waals surface area (Å²) in [6.45, 7) is 0. The molecule has 0 N–H and O–H groups in total. The van der Waals surface area contributed by atoms with Gasteiger partial charge in [-0.05, 0) is 51.2 Å². The molecule has 0 aliphatic carbocycles. The van der Waals surface area contributed by atoms with Crippen molar-refractivity contribution in [3.63, 3.8) is 0 Å². The van der Waals surface area contributed by atoms with Gasteiger partial charge in [-0.25, -0.2) is 0 Å². The number of hydrogen-bond donors (Lipinski definition) is 0. The lowest BCUT2D eigenvalue weighted by Gasteiger charge is -2.12. The Morgan fingerprint density at radius 3 is 2.21 bits per heavy atom. The summed E-state index contributed by atoms with van der Waals surface area (Å²) in [6.07, 6.45) is 0. The second kappa shape index (κ2) is 5.46. The average molecular weight is 337 g/mol. The number of hydrogen-bond acceptors (Lipinski definition) is 2. The maximum Gasteiger partial charge on any atom is 0.305 e. The second-order valence-electron chi connectivity index (χ2n) is 5.77. The zero-order valence-corrected chi connectivity index (χ0v) is 14.1. The summed E-state index contributed by atoms with van der Waals surface area (Å²) in [5.41, 5.74) is 0.535. The summed E-state index contributed by atoms with van der Waals surface area (Å²) in [7, 11) is 3.07. The van der Waals surface area contributed by atoms with E-state index in [1.54, 1.807) is 7.11 Å². The molecule has 0 aliphatic rings. The highest BCUT2D eigenvalue weighted by Crippen LogP contribution is 2.43. The smallest absolute Gasteiger partial charge is 0.305 e. The number of nitrogens with zero attached hydrogens (tertiary/aromatic N) is 1. The highest BCUT2D eigenvalue weighted by molar-refractivity contribution is 6.34. The molecule has 0 radical (unpaired) electrons. The second-order valence-corrected chi connectivity index (χ2v) is 6.21. The lowest BCUT2D eigenvalue weighted by atomic mass is 9.93. The van der Waals surface area contributed by atoms with E-state index in [1.165, 1.54) is 7.05 Å². The van der Waals surface area contributed by atoms with Crippen molar-refractivity contribution in [3.8, 4) is 5.75 Å². The normalized spacial score (nSPS) is 11.3. The first-order valence-electron chi connectivity index (χ1n) is 7.63. The highest BCUT2D eigenvalue weighted by atomic mass is 35.5. The molecule has 4 heteroatoms. The van der Waals surface area contributed by atoms with Crippen LogP contribution in [0.4, 0.5) is 5.69 Å². The molecule has 0 atom stereocenters. The van der Waals surface area contributed by atoms with Gasteiger partial charge < -0.3 is 4.74 Å². The van der Waals surface area contributed by atoms with Crippen molar-refractivity contribution >= 4 is 49.6 Å². The van der Waals surface area contributed by atoms with Crippen molar-refractivity contribution in [1.82, 2.24) is 0 Å². The number of ether oxygens (including phenoxy) is 1. The Hall–Kier alpha value is -2.65. The zero-order valence-electron chi connectivity index (χ0n) is 13.3. The molecular formula is C20H15ClNO2+. The van der Waals surface area contributed by atoms with E-state index in [0.29, 0.717) is 16.5 Å². The zero-order chi connectivity index (χ0) is 16.8. The molecule has 0 heterocycles. The molecule has 24 heavy (non-hydrogen) atoms. The van der Waals surface area contributed by atoms with Crippen molar-refractivity contribution in [1.29, 1.82) is 0 Å². The fourth-order valence-electron chi connectivity index (χ4n) is 3.46. The van der Waals surface area contributed by atoms with Crippen molar-refractivity contribution in [2.24, 2.45) is 0 Å². The third-order valence-corrected chi connectivity index (χ3v) is 4.67. The summed E-state index contributed by atoms with van der Waals surface area (Å²) >= 11 is 6.23. The van der Waals surface area contributed by atoms with Crippen LogP contribution in [-0.4, -0.2) is 18.9 Å². The molecular weight excluding hydrogens is 322 g/mol. The molecule has 0 saturated carbocycles. The maximum absolute atomic E-state index is 12.3. The fraction of sp³-hybridized carbons (Fsp3) is 0.100. The van der Waals surface area contributed by atoms with Gasteiger partial charge in [0.25, 0.3) is 0 Å². The van der Waals surface area contributed by atoms with E-state index in [9.17, 15) is 4.91 Å². The Balaban J connectivity index is 2.40. The molecule has 4 rings (SSSR count). The number of fused-ring (bicyclic) bond motifs is 6. The van der Waals surface area contributed by atoms with Gasteiger partial charge in [-0.3, -0.25) is 0 Å². The van der Waals surface area contributed by atoms with Gasteiger partial charge in [0.05, 0.1) is 12.5 Å². The van der Waals surface area contributed by atoms with Crippen molar-refractivity contribution in [2.45, 2.75) is 0 Å². The Bertz CT molecular complexity index is 1130. The number of methoxy groups -OCH3 is 1. The van der Waals surface area contributed by atoms with Crippen LogP contribution in [0.15, 0.2) is 54.6 Å². The minimum absolute atomic E-state index is 0.535. The Morgan fingerprint density at radius 2 is 1.50 bits per heavy atom. The van der Waals surface area contributed by atoms with Crippen LogP contribution in [0, 0.1) is 4.91 Å². The van der Waals surface area contributed by atoms with Gasteiger partial charge in [0, 0.05) is 14.7 Å². The molecule has 0 fully saturated rings. The summed E-state index contributed by atoms with van der Waals surface area (Å²) in [5, 5.41) is 6.81. The van der Waals surface area contributed by atoms with Gasteiger partial charge >= 0.3 is 5.69 Å². The van der Waals surface area contributed by atoms with Crippen molar-refractivity contribution in [3.05, 3.63) is 64.5 Å². The van der Waals surface area contributed by atoms with E-state index in [0.717, 1.165) is 37.1 Å². The number of benzene rings is 4. The molecule has 0 amide bonds. The summed E-state index contributed by atoms with van der Waals surface area (Å²) in [5.74, 6) is 0.562. The minimum atomic E-state index is 0.535. The van der Waals surface area contributed by atoms with E-state index in [1.807, 2.05) is 48.5 Å². The molecule has 0 unspecified atom stereocenters. The lowest BCUT2D eigenvalue weighted by Crippen LogP contribution is -1.97. The molecule has 0 aromatic heterocycles. The van der Waals surface area contributed by atoms with Crippen LogP contribution in [-0.2, 0) is 0 Å². The predicted molar refractivity (Wildman–Crippen MR) is 99.7 cm³/mol. The Morgan fingerprint density at radius 1 is 0.875 bits per heavy atom. The van der Waals surface area contributed by atoms with E-state index in [4.69, 9.17) is 16.3 Å². The highest BCUT2D eigenvalue weighted by Gasteiger charge is 2.23. The fourth-order valence-corrected chi connectivity index (χ4v) is 3.63. The largest absolute Gasteiger partial charge is 0.490 e. The molecule has 0 aliphatic heterocycles. The third kappa shape index (κ3) is 2.05. The maximum atomic E-state index is 12.3. The van der Waals surface area contributed by atoms with Crippen LogP contribution in [0.1, 0.15) is 0 Å². The van der Waals surface area contributed by atoms with Gasteiger partial charge in [0.15, 0.2) is 12.8 Å². The average Bonchev–Trinajstić information content (AvgIpc) is 2.60. The number of rotatable bonds is 2. The lowest BCUT2D eigenvalue weighted by molar-refractivity contribution is -0.427. The molecule has 118 valence electrons. The van der Waals surface area contributed by atoms with Crippen LogP contribution in [0.3, 0.4) is 0 Å². The predicted octanol–water partition coefficient (Wildman–Crippen LogP) is 5.85. The van der Waals surface area contributed by atoms with Crippen LogP contribution in [0.2, 0.25) is 5.02 Å². The van der Waals surface area contributed by atoms with Gasteiger partial charge in [0.2, 0.25) is 0 Å². The quantitative estimate of drug-likeness (QED) is 0.339. The van der Waals surface area contributed by atoms with Gasteiger partial charge in [0.1, 0.15) is 0 Å². The van der Waals surface area contributed by atoms with Gasteiger partial charge in [-0.1, -0.05) is 41.9 Å². The van der Waals surface area contributed by atoms with Crippen LogP contribution >= 0.6 is 11.6 Å².